The van der Waals surface area contributed by atoms with Gasteiger partial charge in [0.15, 0.2) is 0 Å². The first-order chi connectivity index (χ1) is 37.2. The highest BCUT2D eigenvalue weighted by molar-refractivity contribution is 5.17. The molecule has 0 spiro atoms. The lowest BCUT2D eigenvalue weighted by atomic mass is 9.43. The van der Waals surface area contributed by atoms with Gasteiger partial charge in [0, 0.05) is 37.3 Å². The van der Waals surface area contributed by atoms with Crippen molar-refractivity contribution < 1.29 is 33.5 Å². The van der Waals surface area contributed by atoms with Crippen LogP contribution in [-0.2, 0) is 28.4 Å². The third-order valence-electron chi connectivity index (χ3n) is 24.0. The van der Waals surface area contributed by atoms with Crippen LogP contribution in [0.1, 0.15) is 217 Å². The van der Waals surface area contributed by atoms with E-state index in [1.165, 1.54) is 77.0 Å². The lowest BCUT2D eigenvalue weighted by Crippen LogP contribution is -2.63. The van der Waals surface area contributed by atoms with Crippen molar-refractivity contribution in [3.63, 3.8) is 0 Å². The second-order valence-electron chi connectivity index (χ2n) is 27.7. The molecule has 22 unspecified atom stereocenters. The van der Waals surface area contributed by atoms with E-state index in [0.29, 0.717) is 110 Å². The van der Waals surface area contributed by atoms with Crippen LogP contribution < -0.4 is 0 Å². The zero-order chi connectivity index (χ0) is 55.4. The topological polar surface area (TPSA) is 108 Å². The van der Waals surface area contributed by atoms with E-state index in [1.807, 2.05) is 0 Å². The highest BCUT2D eigenvalue weighted by Crippen LogP contribution is 2.71. The molecule has 8 rings (SSSR count). The Balaban J connectivity index is 0.000000224. The third-order valence-corrected chi connectivity index (χ3v) is 24.0. The van der Waals surface area contributed by atoms with E-state index in [2.05, 4.69) is 85.0 Å². The third kappa shape index (κ3) is 13.2. The van der Waals surface area contributed by atoms with E-state index >= 15 is 0 Å². The lowest BCUT2D eigenvalue weighted by molar-refractivity contribution is -0.227. The Hall–Kier alpha value is -1.81. The quantitative estimate of drug-likeness (QED) is 0.0674. The van der Waals surface area contributed by atoms with E-state index in [1.54, 1.807) is 0 Å². The Bertz CT molecular complexity index is 1920. The molecule has 0 heterocycles. The van der Waals surface area contributed by atoms with Crippen LogP contribution in [0, 0.1) is 117 Å². The summed E-state index contributed by atoms with van der Waals surface area (Å²) in [5, 5.41) is 18.8. The molecule has 1 N–H and O–H groups in total. The van der Waals surface area contributed by atoms with Crippen LogP contribution in [0.25, 0.3) is 9.69 Å². The fraction of sp³-hybridized carbons (Fsp3) is 0.955. The number of unbranched alkanes of at least 4 members (excludes halogenated alkanes) is 1. The predicted molar refractivity (Wildman–Crippen MR) is 309 cm³/mol. The predicted octanol–water partition coefficient (Wildman–Crippen LogP) is 15.3. The number of nitriles is 1. The minimum absolute atomic E-state index is 0.0121. The number of nitrogens with zero attached hydrogens (tertiary/aromatic N) is 3. The van der Waals surface area contributed by atoms with Crippen molar-refractivity contribution in [1.82, 2.24) is 0 Å². The van der Waals surface area contributed by atoms with E-state index in [9.17, 15) is 10.4 Å². The minimum Gasteiger partial charge on any atom is -0.396 e. The van der Waals surface area contributed by atoms with Crippen LogP contribution in [0.5, 0.6) is 0 Å². The SMILES string of the molecule is CCCCC(C)C1CCC2C3C(OCCC)CC4CC(OCCC)CCC4(C)C3CC(OCCC)C12C.[C-]#[N+]CCOC1CCC2(C)C(C1)CC(OCCC#N)C1C2CC(OCC[N+]#[C-])C2(C)C(C(C)CCCO)CCC12. The number of fused-ring (bicyclic) bond motifs is 10. The van der Waals surface area contributed by atoms with Gasteiger partial charge in [0.05, 0.1) is 55.7 Å². The summed E-state index contributed by atoms with van der Waals surface area (Å²) in [5.41, 5.74) is 0.896. The Kier molecular flexibility index (Phi) is 23.6. The van der Waals surface area contributed by atoms with Crippen molar-refractivity contribution in [2.24, 2.45) is 92.7 Å². The number of aliphatic hydroxyl groups is 1. The van der Waals surface area contributed by atoms with E-state index in [-0.39, 0.29) is 35.7 Å². The Morgan fingerprint density at radius 2 is 0.974 bits per heavy atom. The maximum atomic E-state index is 9.55. The summed E-state index contributed by atoms with van der Waals surface area (Å²) < 4.78 is 39.7. The van der Waals surface area contributed by atoms with Crippen molar-refractivity contribution in [1.29, 1.82) is 5.26 Å². The molecule has 0 radical (unpaired) electrons. The van der Waals surface area contributed by atoms with Gasteiger partial charge in [-0.25, -0.2) is 13.1 Å². The molecule has 8 aliphatic carbocycles. The first-order valence-electron chi connectivity index (χ1n) is 32.5. The normalized spacial score (nSPS) is 42.5. The average molecular weight is 1070 g/mol. The fourth-order valence-corrected chi connectivity index (χ4v) is 20.2. The number of ether oxygens (including phenoxy) is 6. The summed E-state index contributed by atoms with van der Waals surface area (Å²) in [6.07, 6.45) is 28.2. The summed E-state index contributed by atoms with van der Waals surface area (Å²) in [5.74, 6) is 7.43. The summed E-state index contributed by atoms with van der Waals surface area (Å²) in [6, 6.07) is 2.28. The Morgan fingerprint density at radius 3 is 1.44 bits per heavy atom. The van der Waals surface area contributed by atoms with Crippen LogP contribution in [-0.4, -0.2) is 101 Å². The maximum Gasteiger partial charge on any atom is 0.237 e. The van der Waals surface area contributed by atoms with Crippen molar-refractivity contribution in [3.05, 3.63) is 22.8 Å². The number of aliphatic hydroxyl groups excluding tert-OH is 1. The molecule has 77 heavy (non-hydrogen) atoms. The van der Waals surface area contributed by atoms with Crippen LogP contribution in [0.2, 0.25) is 0 Å². The molecule has 0 aromatic rings. The van der Waals surface area contributed by atoms with E-state index in [4.69, 9.17) is 41.6 Å². The number of hydrogen-bond acceptors (Lipinski definition) is 8. The second-order valence-corrected chi connectivity index (χ2v) is 27.7. The van der Waals surface area contributed by atoms with Gasteiger partial charge in [0.25, 0.3) is 0 Å². The van der Waals surface area contributed by atoms with E-state index < -0.39 is 0 Å². The molecule has 8 saturated carbocycles. The van der Waals surface area contributed by atoms with Crippen molar-refractivity contribution in [2.45, 2.75) is 254 Å². The second kappa shape index (κ2) is 28.9. The summed E-state index contributed by atoms with van der Waals surface area (Å²) in [6.45, 7) is 44.2. The van der Waals surface area contributed by atoms with Gasteiger partial charge >= 0.3 is 0 Å². The highest BCUT2D eigenvalue weighted by Gasteiger charge is 2.68. The summed E-state index contributed by atoms with van der Waals surface area (Å²) in [4.78, 5) is 7.06. The molecule has 0 bridgehead atoms. The molecular weight excluding hydrogens is 959 g/mol. The molecule has 438 valence electrons. The average Bonchev–Trinajstić information content (AvgIpc) is 3.98. The van der Waals surface area contributed by atoms with E-state index in [0.717, 1.165) is 114 Å². The monoisotopic (exact) mass is 1070 g/mol. The van der Waals surface area contributed by atoms with Gasteiger partial charge in [0.1, 0.15) is 13.2 Å². The van der Waals surface area contributed by atoms with Gasteiger partial charge in [-0.15, -0.1) is 0 Å². The molecule has 0 aliphatic heterocycles. The first-order valence-corrected chi connectivity index (χ1v) is 32.5. The van der Waals surface area contributed by atoms with Gasteiger partial charge in [0.2, 0.25) is 13.1 Å². The van der Waals surface area contributed by atoms with Crippen LogP contribution in [0.4, 0.5) is 0 Å². The number of rotatable bonds is 26. The van der Waals surface area contributed by atoms with Gasteiger partial charge in [-0.05, 0) is 204 Å². The van der Waals surface area contributed by atoms with Crippen molar-refractivity contribution in [2.75, 3.05) is 59.3 Å². The van der Waals surface area contributed by atoms with Crippen LogP contribution >= 0.6 is 0 Å². The van der Waals surface area contributed by atoms with Gasteiger partial charge in [-0.2, -0.15) is 5.26 Å². The van der Waals surface area contributed by atoms with Crippen molar-refractivity contribution >= 4 is 0 Å². The molecular formula is C67H113N3O7. The van der Waals surface area contributed by atoms with Gasteiger partial charge < -0.3 is 43.2 Å². The minimum atomic E-state index is 0.0121. The zero-order valence-electron chi connectivity index (χ0n) is 50.8. The van der Waals surface area contributed by atoms with Crippen LogP contribution in [0.15, 0.2) is 0 Å². The molecule has 10 heteroatoms. The largest absolute Gasteiger partial charge is 0.396 e. The standard InChI is InChI=1S/C34H62O3.C33H51N3O4/c1-8-12-13-24(5)27-14-15-28-32-29(23-31(34(27,28)7)37-20-11-4)33(6)17-16-26(35-18-9-2)21-25(33)22-30(32)36-19-10-3;1-23(8-6-16-37)26-9-10-27-31-28(22-30(33(26,27)3)40-19-15-36-5)32(2)12-11-25(38-18-14-35-4)20-24(32)21-29(31)39-17-7-13-34/h24-32H,8-23H2,1-7H3;23-31,37H,6-12,14-22H2,1-3H3. The zero-order valence-corrected chi connectivity index (χ0v) is 50.8. The Labute approximate surface area is 471 Å². The smallest absolute Gasteiger partial charge is 0.237 e. The highest BCUT2D eigenvalue weighted by atomic mass is 16.5. The maximum absolute atomic E-state index is 9.55. The molecule has 8 fully saturated rings. The van der Waals surface area contributed by atoms with Gasteiger partial charge in [-0.3, -0.25) is 0 Å². The lowest BCUT2D eigenvalue weighted by Gasteiger charge is -2.65. The fourth-order valence-electron chi connectivity index (χ4n) is 20.2. The molecule has 0 saturated heterocycles. The van der Waals surface area contributed by atoms with Crippen LogP contribution in [0.3, 0.4) is 0 Å². The molecule has 22 atom stereocenters. The molecule has 0 aromatic heterocycles. The molecule has 0 amide bonds. The summed E-state index contributed by atoms with van der Waals surface area (Å²) in [7, 11) is 0. The molecule has 8 aliphatic rings. The molecule has 10 nitrogen and oxygen atoms in total. The summed E-state index contributed by atoms with van der Waals surface area (Å²) >= 11 is 0. The Morgan fingerprint density at radius 1 is 0.532 bits per heavy atom. The number of hydrogen-bond donors (Lipinski definition) is 1. The first kappa shape index (κ1) is 62.8. The van der Waals surface area contributed by atoms with Crippen molar-refractivity contribution in [3.8, 4) is 6.07 Å². The molecule has 0 aromatic carbocycles. The van der Waals surface area contributed by atoms with Gasteiger partial charge in [-0.1, -0.05) is 88.5 Å².